The molecule has 0 aliphatic carbocycles. The van der Waals surface area contributed by atoms with E-state index in [0.717, 1.165) is 18.2 Å². The molecule has 0 saturated heterocycles. The van der Waals surface area contributed by atoms with Gasteiger partial charge in [0.1, 0.15) is 5.82 Å². The average Bonchev–Trinajstić information content (AvgIpc) is 2.37. The van der Waals surface area contributed by atoms with Crippen LogP contribution in [0.4, 0.5) is 10.1 Å². The fraction of sp³-hybridized carbons (Fsp3) is 0.0667. The second-order valence-electron chi connectivity index (χ2n) is 4.41. The number of carbonyl (C=O) groups excluding carboxylic acids is 1. The van der Waals surface area contributed by atoms with E-state index in [9.17, 15) is 14.0 Å². The van der Waals surface area contributed by atoms with E-state index in [4.69, 9.17) is 16.7 Å². The standard InChI is InChI=1S/C15H11ClFNO3/c1-8-6-9(16)2-4-11(8)14(19)18-13-7-10(17)3-5-12(13)15(20)21/h2-7H,1H3,(H,18,19)(H,20,21). The van der Waals surface area contributed by atoms with Crippen LogP contribution in [0.2, 0.25) is 5.02 Å². The van der Waals surface area contributed by atoms with Gasteiger partial charge in [0.15, 0.2) is 0 Å². The third kappa shape index (κ3) is 3.38. The lowest BCUT2D eigenvalue weighted by Gasteiger charge is -2.10. The van der Waals surface area contributed by atoms with Crippen LogP contribution < -0.4 is 5.32 Å². The SMILES string of the molecule is Cc1cc(Cl)ccc1C(=O)Nc1cc(F)ccc1C(=O)O. The predicted molar refractivity (Wildman–Crippen MR) is 77.5 cm³/mol. The summed E-state index contributed by atoms with van der Waals surface area (Å²) in [5.41, 5.74) is 0.687. The molecule has 0 unspecified atom stereocenters. The third-order valence-corrected chi connectivity index (χ3v) is 3.13. The first-order valence-electron chi connectivity index (χ1n) is 5.99. The van der Waals surface area contributed by atoms with Crippen molar-refractivity contribution < 1.29 is 19.1 Å². The fourth-order valence-corrected chi connectivity index (χ4v) is 2.10. The average molecular weight is 308 g/mol. The summed E-state index contributed by atoms with van der Waals surface area (Å²) in [6.45, 7) is 1.70. The molecule has 0 bridgehead atoms. The van der Waals surface area contributed by atoms with Crippen molar-refractivity contribution in [2.75, 3.05) is 5.32 Å². The van der Waals surface area contributed by atoms with Gasteiger partial charge in [-0.05, 0) is 48.9 Å². The number of anilines is 1. The maximum absolute atomic E-state index is 13.2. The van der Waals surface area contributed by atoms with Crippen LogP contribution in [0.3, 0.4) is 0 Å². The van der Waals surface area contributed by atoms with Crippen molar-refractivity contribution in [3.8, 4) is 0 Å². The summed E-state index contributed by atoms with van der Waals surface area (Å²) in [7, 11) is 0. The molecule has 1 amide bonds. The molecule has 2 aromatic rings. The van der Waals surface area contributed by atoms with E-state index in [-0.39, 0.29) is 11.3 Å². The molecule has 0 aromatic heterocycles. The molecule has 0 fully saturated rings. The van der Waals surface area contributed by atoms with Crippen LogP contribution in [0.5, 0.6) is 0 Å². The molecule has 0 heterocycles. The molecular formula is C15H11ClFNO3. The first kappa shape index (κ1) is 15.0. The van der Waals surface area contributed by atoms with Crippen molar-refractivity contribution in [3.63, 3.8) is 0 Å². The zero-order valence-corrected chi connectivity index (χ0v) is 11.7. The number of benzene rings is 2. The normalized spacial score (nSPS) is 10.2. The number of aromatic carboxylic acids is 1. The Morgan fingerprint density at radius 2 is 1.81 bits per heavy atom. The van der Waals surface area contributed by atoms with Gasteiger partial charge in [0.25, 0.3) is 5.91 Å². The highest BCUT2D eigenvalue weighted by Crippen LogP contribution is 2.20. The molecule has 4 nitrogen and oxygen atoms in total. The number of carbonyl (C=O) groups is 2. The predicted octanol–water partition coefficient (Wildman–Crippen LogP) is 3.74. The number of amides is 1. The molecule has 0 saturated carbocycles. The quantitative estimate of drug-likeness (QED) is 0.907. The number of aryl methyl sites for hydroxylation is 1. The van der Waals surface area contributed by atoms with Gasteiger partial charge in [0, 0.05) is 10.6 Å². The Kier molecular flexibility index (Phi) is 4.23. The van der Waals surface area contributed by atoms with Gasteiger partial charge in [-0.1, -0.05) is 11.6 Å². The van der Waals surface area contributed by atoms with Crippen LogP contribution >= 0.6 is 11.6 Å². The van der Waals surface area contributed by atoms with Crippen molar-refractivity contribution >= 4 is 29.2 Å². The lowest BCUT2D eigenvalue weighted by molar-refractivity contribution is 0.0698. The number of nitrogens with one attached hydrogen (secondary N) is 1. The number of halogens is 2. The highest BCUT2D eigenvalue weighted by Gasteiger charge is 2.15. The first-order chi connectivity index (χ1) is 9.88. The Labute approximate surface area is 125 Å². The van der Waals surface area contributed by atoms with Crippen molar-refractivity contribution in [1.29, 1.82) is 0 Å². The number of carboxylic acid groups (broad SMARTS) is 1. The van der Waals surface area contributed by atoms with Gasteiger partial charge in [-0.2, -0.15) is 0 Å². The van der Waals surface area contributed by atoms with E-state index >= 15 is 0 Å². The first-order valence-corrected chi connectivity index (χ1v) is 6.36. The van der Waals surface area contributed by atoms with E-state index in [0.29, 0.717) is 16.1 Å². The maximum Gasteiger partial charge on any atom is 0.337 e. The Balaban J connectivity index is 2.35. The summed E-state index contributed by atoms with van der Waals surface area (Å²) < 4.78 is 13.2. The molecule has 2 N–H and O–H groups in total. The van der Waals surface area contributed by atoms with E-state index in [1.54, 1.807) is 19.1 Å². The molecule has 0 atom stereocenters. The minimum Gasteiger partial charge on any atom is -0.478 e. The second kappa shape index (κ2) is 5.93. The van der Waals surface area contributed by atoms with Gasteiger partial charge in [0.2, 0.25) is 0 Å². The molecule has 108 valence electrons. The summed E-state index contributed by atoms with van der Waals surface area (Å²) >= 11 is 5.81. The minimum atomic E-state index is -1.25. The largest absolute Gasteiger partial charge is 0.478 e. The fourth-order valence-electron chi connectivity index (χ4n) is 1.88. The summed E-state index contributed by atoms with van der Waals surface area (Å²) in [6.07, 6.45) is 0. The Bertz CT molecular complexity index is 731. The van der Waals surface area contributed by atoms with Gasteiger partial charge >= 0.3 is 5.97 Å². The minimum absolute atomic E-state index is 0.0955. The lowest BCUT2D eigenvalue weighted by atomic mass is 10.1. The second-order valence-corrected chi connectivity index (χ2v) is 4.84. The van der Waals surface area contributed by atoms with E-state index in [2.05, 4.69) is 5.32 Å². The highest BCUT2D eigenvalue weighted by atomic mass is 35.5. The Morgan fingerprint density at radius 3 is 2.43 bits per heavy atom. The van der Waals surface area contributed by atoms with Crippen LogP contribution in [-0.4, -0.2) is 17.0 Å². The number of rotatable bonds is 3. The van der Waals surface area contributed by atoms with E-state index in [1.807, 2.05) is 0 Å². The zero-order chi connectivity index (χ0) is 15.6. The summed E-state index contributed by atoms with van der Waals surface area (Å²) in [6, 6.07) is 7.77. The molecule has 2 rings (SSSR count). The van der Waals surface area contributed by atoms with Crippen LogP contribution in [0.15, 0.2) is 36.4 Å². The molecule has 2 aromatic carbocycles. The van der Waals surface area contributed by atoms with Crippen molar-refractivity contribution in [2.24, 2.45) is 0 Å². The van der Waals surface area contributed by atoms with Crippen LogP contribution in [-0.2, 0) is 0 Å². The van der Waals surface area contributed by atoms with Crippen molar-refractivity contribution in [2.45, 2.75) is 6.92 Å². The summed E-state index contributed by atoms with van der Waals surface area (Å²) in [5.74, 6) is -2.42. The van der Waals surface area contributed by atoms with E-state index < -0.39 is 17.7 Å². The van der Waals surface area contributed by atoms with Crippen LogP contribution in [0, 0.1) is 12.7 Å². The number of carboxylic acids is 1. The molecule has 0 spiro atoms. The summed E-state index contributed by atoms with van der Waals surface area (Å²) in [4.78, 5) is 23.2. The van der Waals surface area contributed by atoms with Crippen molar-refractivity contribution in [3.05, 3.63) is 63.9 Å². The molecule has 0 radical (unpaired) electrons. The smallest absolute Gasteiger partial charge is 0.337 e. The van der Waals surface area contributed by atoms with Gasteiger partial charge in [0.05, 0.1) is 11.3 Å². The monoisotopic (exact) mass is 307 g/mol. The Hall–Kier alpha value is -2.40. The Morgan fingerprint density at radius 1 is 1.14 bits per heavy atom. The molecule has 0 aliphatic heterocycles. The topological polar surface area (TPSA) is 66.4 Å². The van der Waals surface area contributed by atoms with Gasteiger partial charge in [-0.3, -0.25) is 4.79 Å². The third-order valence-electron chi connectivity index (χ3n) is 2.89. The molecule has 0 aliphatic rings. The molecule has 21 heavy (non-hydrogen) atoms. The van der Waals surface area contributed by atoms with Gasteiger partial charge in [-0.25, -0.2) is 9.18 Å². The number of hydrogen-bond acceptors (Lipinski definition) is 2. The van der Waals surface area contributed by atoms with Crippen LogP contribution in [0.25, 0.3) is 0 Å². The molecular weight excluding hydrogens is 297 g/mol. The van der Waals surface area contributed by atoms with E-state index in [1.165, 1.54) is 6.07 Å². The number of hydrogen-bond donors (Lipinski definition) is 2. The highest BCUT2D eigenvalue weighted by molar-refractivity contribution is 6.30. The molecule has 6 heteroatoms. The summed E-state index contributed by atoms with van der Waals surface area (Å²) in [5, 5.41) is 11.9. The zero-order valence-electron chi connectivity index (χ0n) is 11.0. The van der Waals surface area contributed by atoms with Gasteiger partial charge < -0.3 is 10.4 Å². The van der Waals surface area contributed by atoms with Crippen molar-refractivity contribution in [1.82, 2.24) is 0 Å². The lowest BCUT2D eigenvalue weighted by Crippen LogP contribution is -2.16. The van der Waals surface area contributed by atoms with Crippen LogP contribution in [0.1, 0.15) is 26.3 Å². The van der Waals surface area contributed by atoms with Gasteiger partial charge in [-0.15, -0.1) is 0 Å². The maximum atomic E-state index is 13.2.